The van der Waals surface area contributed by atoms with E-state index in [4.69, 9.17) is 4.42 Å². The van der Waals surface area contributed by atoms with Gasteiger partial charge in [-0.1, -0.05) is 24.3 Å². The summed E-state index contributed by atoms with van der Waals surface area (Å²) in [7, 11) is 0. The van der Waals surface area contributed by atoms with Crippen molar-refractivity contribution in [1.82, 2.24) is 9.80 Å². The highest BCUT2D eigenvalue weighted by Gasteiger charge is 2.27. The minimum absolute atomic E-state index is 0.0175. The van der Waals surface area contributed by atoms with Crippen molar-refractivity contribution >= 4 is 28.2 Å². The maximum absolute atomic E-state index is 12.9. The lowest BCUT2D eigenvalue weighted by molar-refractivity contribution is 0.0600. The Morgan fingerprint density at radius 2 is 1.92 bits per heavy atom. The summed E-state index contributed by atoms with van der Waals surface area (Å²) in [5, 5.41) is 3.15. The van der Waals surface area contributed by atoms with Gasteiger partial charge >= 0.3 is 0 Å². The van der Waals surface area contributed by atoms with Gasteiger partial charge in [-0.3, -0.25) is 9.69 Å². The molecule has 0 bridgehead atoms. The molecule has 0 spiro atoms. The maximum atomic E-state index is 12.9. The molecule has 0 atom stereocenters. The number of benzene rings is 1. The van der Waals surface area contributed by atoms with Crippen LogP contribution in [0, 0.1) is 13.8 Å². The van der Waals surface area contributed by atoms with Crippen LogP contribution in [0.3, 0.4) is 0 Å². The molecule has 1 aliphatic heterocycles. The normalized spacial score (nSPS) is 15.8. The first-order chi connectivity index (χ1) is 12.1. The summed E-state index contributed by atoms with van der Waals surface area (Å²) in [5.74, 6) is 0.514. The van der Waals surface area contributed by atoms with E-state index in [9.17, 15) is 4.79 Å². The Morgan fingerprint density at radius 1 is 1.12 bits per heavy atom. The van der Waals surface area contributed by atoms with E-state index in [1.165, 1.54) is 4.88 Å². The number of rotatable bonds is 3. The average Bonchev–Trinajstić information content (AvgIpc) is 3.24. The lowest BCUT2D eigenvalue weighted by Crippen LogP contribution is -2.48. The van der Waals surface area contributed by atoms with Gasteiger partial charge in [0.25, 0.3) is 5.91 Å². The van der Waals surface area contributed by atoms with Gasteiger partial charge in [-0.2, -0.15) is 0 Å². The van der Waals surface area contributed by atoms with Crippen LogP contribution in [0.25, 0.3) is 11.0 Å². The van der Waals surface area contributed by atoms with Crippen molar-refractivity contribution in [3.05, 3.63) is 57.5 Å². The third-order valence-electron chi connectivity index (χ3n) is 4.97. The predicted molar refractivity (Wildman–Crippen MR) is 101 cm³/mol. The summed E-state index contributed by atoms with van der Waals surface area (Å²) in [6, 6.07) is 10.3. The zero-order valence-electron chi connectivity index (χ0n) is 14.6. The van der Waals surface area contributed by atoms with Crippen LogP contribution >= 0.6 is 11.3 Å². The minimum atomic E-state index is 0.0175. The van der Waals surface area contributed by atoms with Crippen molar-refractivity contribution in [3.63, 3.8) is 0 Å². The third-order valence-corrected chi connectivity index (χ3v) is 5.84. The second-order valence-electron chi connectivity index (χ2n) is 6.66. The number of aryl methyl sites for hydroxylation is 2. The monoisotopic (exact) mass is 354 g/mol. The molecule has 1 saturated heterocycles. The Labute approximate surface area is 151 Å². The molecule has 3 aromatic rings. The number of carbonyl (C=O) groups is 1. The topological polar surface area (TPSA) is 36.7 Å². The van der Waals surface area contributed by atoms with Gasteiger partial charge in [0, 0.05) is 48.6 Å². The summed E-state index contributed by atoms with van der Waals surface area (Å²) < 4.78 is 5.95. The molecular weight excluding hydrogens is 332 g/mol. The zero-order valence-corrected chi connectivity index (χ0v) is 15.4. The second-order valence-corrected chi connectivity index (χ2v) is 7.69. The van der Waals surface area contributed by atoms with Crippen molar-refractivity contribution in [2.24, 2.45) is 0 Å². The molecule has 1 aromatic carbocycles. The van der Waals surface area contributed by atoms with Crippen LogP contribution in [0.2, 0.25) is 0 Å². The standard InChI is InChI=1S/C20H22N2O2S/c1-14-5-3-7-17-15(2)19(24-18(14)17)20(23)22-10-8-21(9-11-22)13-16-6-4-12-25-16/h3-7,12H,8-11,13H2,1-2H3. The first kappa shape index (κ1) is 16.4. The second kappa shape index (κ2) is 6.65. The number of fused-ring (bicyclic) bond motifs is 1. The van der Waals surface area contributed by atoms with Crippen molar-refractivity contribution in [1.29, 1.82) is 0 Å². The van der Waals surface area contributed by atoms with Crippen molar-refractivity contribution < 1.29 is 9.21 Å². The van der Waals surface area contributed by atoms with Crippen LogP contribution in [0.5, 0.6) is 0 Å². The molecule has 0 aliphatic carbocycles. The van der Waals surface area contributed by atoms with Crippen LogP contribution in [0.4, 0.5) is 0 Å². The fraction of sp³-hybridized carbons (Fsp3) is 0.350. The maximum Gasteiger partial charge on any atom is 0.289 e. The van der Waals surface area contributed by atoms with Crippen molar-refractivity contribution in [3.8, 4) is 0 Å². The van der Waals surface area contributed by atoms with Gasteiger partial charge in [0.1, 0.15) is 5.58 Å². The van der Waals surface area contributed by atoms with Gasteiger partial charge in [-0.15, -0.1) is 11.3 Å². The summed E-state index contributed by atoms with van der Waals surface area (Å²) in [6.45, 7) is 8.28. The number of nitrogens with zero attached hydrogens (tertiary/aromatic N) is 2. The quantitative estimate of drug-likeness (QED) is 0.711. The third kappa shape index (κ3) is 3.10. The highest BCUT2D eigenvalue weighted by molar-refractivity contribution is 7.09. The highest BCUT2D eigenvalue weighted by atomic mass is 32.1. The van der Waals surface area contributed by atoms with E-state index in [0.29, 0.717) is 5.76 Å². The van der Waals surface area contributed by atoms with Crippen LogP contribution in [-0.4, -0.2) is 41.9 Å². The van der Waals surface area contributed by atoms with E-state index >= 15 is 0 Å². The Bertz CT molecular complexity index is 890. The molecule has 4 nitrogen and oxygen atoms in total. The summed E-state index contributed by atoms with van der Waals surface area (Å²) in [6.07, 6.45) is 0. The highest BCUT2D eigenvalue weighted by Crippen LogP contribution is 2.28. The molecule has 1 aliphatic rings. The van der Waals surface area contributed by atoms with E-state index in [2.05, 4.69) is 22.4 Å². The molecule has 2 aromatic heterocycles. The number of hydrogen-bond acceptors (Lipinski definition) is 4. The van der Waals surface area contributed by atoms with Crippen LogP contribution < -0.4 is 0 Å². The van der Waals surface area contributed by atoms with E-state index in [-0.39, 0.29) is 5.91 Å². The van der Waals surface area contributed by atoms with Gasteiger partial charge in [0.05, 0.1) is 0 Å². The number of carbonyl (C=O) groups excluding carboxylic acids is 1. The molecule has 5 heteroatoms. The molecular formula is C20H22N2O2S. The van der Waals surface area contributed by atoms with Crippen LogP contribution in [0.1, 0.15) is 26.6 Å². The Kier molecular flexibility index (Phi) is 4.36. The number of hydrogen-bond donors (Lipinski definition) is 0. The van der Waals surface area contributed by atoms with Gasteiger partial charge in [0.2, 0.25) is 0 Å². The van der Waals surface area contributed by atoms with Gasteiger partial charge in [-0.25, -0.2) is 0 Å². The largest absolute Gasteiger partial charge is 0.450 e. The lowest BCUT2D eigenvalue weighted by atomic mass is 10.1. The Hall–Kier alpha value is -2.11. The van der Waals surface area contributed by atoms with Gasteiger partial charge in [0.15, 0.2) is 5.76 Å². The fourth-order valence-corrected chi connectivity index (χ4v) is 4.21. The summed E-state index contributed by atoms with van der Waals surface area (Å²) in [4.78, 5) is 18.6. The van der Waals surface area contributed by atoms with E-state index in [1.54, 1.807) is 11.3 Å². The SMILES string of the molecule is Cc1c(C(=O)N2CCN(Cc3cccs3)CC2)oc2c(C)cccc12. The van der Waals surface area contributed by atoms with E-state index in [1.807, 2.05) is 36.9 Å². The molecule has 1 fully saturated rings. The van der Waals surface area contributed by atoms with Gasteiger partial charge in [-0.05, 0) is 30.9 Å². The number of thiophene rings is 1. The number of furan rings is 1. The predicted octanol–water partition coefficient (Wildman–Crippen LogP) is 4.07. The van der Waals surface area contributed by atoms with E-state index in [0.717, 1.165) is 54.8 Å². The molecule has 0 radical (unpaired) electrons. The number of piperazine rings is 1. The molecule has 3 heterocycles. The van der Waals surface area contributed by atoms with E-state index < -0.39 is 0 Å². The first-order valence-electron chi connectivity index (χ1n) is 8.66. The Morgan fingerprint density at radius 3 is 2.60 bits per heavy atom. The van der Waals surface area contributed by atoms with Crippen molar-refractivity contribution in [2.45, 2.75) is 20.4 Å². The first-order valence-corrected chi connectivity index (χ1v) is 9.54. The van der Waals surface area contributed by atoms with Crippen LogP contribution in [-0.2, 0) is 6.54 Å². The average molecular weight is 354 g/mol. The molecule has 0 unspecified atom stereocenters. The minimum Gasteiger partial charge on any atom is -0.450 e. The zero-order chi connectivity index (χ0) is 17.4. The Balaban J connectivity index is 1.47. The molecule has 0 N–H and O–H groups in total. The van der Waals surface area contributed by atoms with Gasteiger partial charge < -0.3 is 9.32 Å². The van der Waals surface area contributed by atoms with Crippen molar-refractivity contribution in [2.75, 3.05) is 26.2 Å². The molecule has 4 rings (SSSR count). The fourth-order valence-electron chi connectivity index (χ4n) is 3.46. The summed E-state index contributed by atoms with van der Waals surface area (Å²) >= 11 is 1.79. The molecule has 25 heavy (non-hydrogen) atoms. The molecule has 1 amide bonds. The smallest absolute Gasteiger partial charge is 0.289 e. The number of para-hydroxylation sites is 1. The lowest BCUT2D eigenvalue weighted by Gasteiger charge is -2.34. The number of amides is 1. The summed E-state index contributed by atoms with van der Waals surface area (Å²) in [5.41, 5.74) is 2.85. The van der Waals surface area contributed by atoms with Crippen LogP contribution in [0.15, 0.2) is 40.1 Å². The molecule has 130 valence electrons. The molecule has 0 saturated carbocycles.